The van der Waals surface area contributed by atoms with E-state index in [1.54, 1.807) is 12.1 Å². The van der Waals surface area contributed by atoms with Crippen molar-refractivity contribution in [2.45, 2.75) is 19.8 Å². The molecule has 1 aliphatic heterocycles. The van der Waals surface area contributed by atoms with E-state index < -0.39 is 0 Å². The van der Waals surface area contributed by atoms with Crippen LogP contribution >= 0.6 is 0 Å². The number of aryl methyl sites for hydroxylation is 1. The maximum atomic E-state index is 13.6. The van der Waals surface area contributed by atoms with E-state index in [-0.39, 0.29) is 5.82 Å². The molecule has 2 rings (SSSR count). The SMILES string of the molecule is Cc1cccc(F)c1CCCN1CCOCC1. The molecule has 0 bridgehead atoms. The topological polar surface area (TPSA) is 12.5 Å². The van der Waals surface area contributed by atoms with E-state index in [2.05, 4.69) is 4.90 Å². The van der Waals surface area contributed by atoms with Gasteiger partial charge in [-0.2, -0.15) is 0 Å². The molecular formula is C14H20FNO. The van der Waals surface area contributed by atoms with Crippen LogP contribution in [0.1, 0.15) is 17.5 Å². The number of morpholine rings is 1. The Morgan fingerprint density at radius 3 is 2.76 bits per heavy atom. The van der Waals surface area contributed by atoms with Gasteiger partial charge in [0.15, 0.2) is 0 Å². The lowest BCUT2D eigenvalue weighted by molar-refractivity contribution is 0.0374. The molecule has 17 heavy (non-hydrogen) atoms. The lowest BCUT2D eigenvalue weighted by atomic mass is 10.0. The van der Waals surface area contributed by atoms with Gasteiger partial charge in [0.2, 0.25) is 0 Å². The second-order valence-electron chi connectivity index (χ2n) is 4.59. The van der Waals surface area contributed by atoms with Crippen LogP contribution in [-0.2, 0) is 11.2 Å². The molecule has 3 heteroatoms. The van der Waals surface area contributed by atoms with E-state index in [1.165, 1.54) is 0 Å². The minimum atomic E-state index is -0.0630. The van der Waals surface area contributed by atoms with Crippen molar-refractivity contribution in [1.82, 2.24) is 4.90 Å². The second-order valence-corrected chi connectivity index (χ2v) is 4.59. The quantitative estimate of drug-likeness (QED) is 0.797. The smallest absolute Gasteiger partial charge is 0.126 e. The number of halogens is 1. The lowest BCUT2D eigenvalue weighted by Gasteiger charge is -2.26. The first kappa shape index (κ1) is 12.5. The Bertz CT molecular complexity index is 341. The molecular weight excluding hydrogens is 217 g/mol. The van der Waals surface area contributed by atoms with Crippen LogP contribution < -0.4 is 0 Å². The first-order valence-corrected chi connectivity index (χ1v) is 6.31. The summed E-state index contributed by atoms with van der Waals surface area (Å²) in [5, 5.41) is 0. The van der Waals surface area contributed by atoms with Crippen LogP contribution in [0.15, 0.2) is 18.2 Å². The average Bonchev–Trinajstić information content (AvgIpc) is 2.34. The van der Waals surface area contributed by atoms with Gasteiger partial charge in [-0.25, -0.2) is 4.39 Å². The number of hydrogen-bond donors (Lipinski definition) is 0. The van der Waals surface area contributed by atoms with Crippen LogP contribution in [0.4, 0.5) is 4.39 Å². The summed E-state index contributed by atoms with van der Waals surface area (Å²) in [6, 6.07) is 5.31. The number of rotatable bonds is 4. The first-order valence-electron chi connectivity index (χ1n) is 6.31. The van der Waals surface area contributed by atoms with Crippen molar-refractivity contribution in [3.8, 4) is 0 Å². The van der Waals surface area contributed by atoms with E-state index in [0.29, 0.717) is 0 Å². The zero-order valence-electron chi connectivity index (χ0n) is 10.4. The zero-order chi connectivity index (χ0) is 12.1. The standard InChI is InChI=1S/C14H20FNO/c1-12-4-2-6-14(15)13(12)5-3-7-16-8-10-17-11-9-16/h2,4,6H,3,5,7-11H2,1H3. The summed E-state index contributed by atoms with van der Waals surface area (Å²) >= 11 is 0. The highest BCUT2D eigenvalue weighted by atomic mass is 19.1. The van der Waals surface area contributed by atoms with Crippen LogP contribution in [0.5, 0.6) is 0 Å². The van der Waals surface area contributed by atoms with Crippen LogP contribution in [0.3, 0.4) is 0 Å². The van der Waals surface area contributed by atoms with Gasteiger partial charge < -0.3 is 4.74 Å². The van der Waals surface area contributed by atoms with E-state index in [0.717, 1.165) is 56.8 Å². The Kier molecular flexibility index (Phi) is 4.51. The molecule has 2 nitrogen and oxygen atoms in total. The average molecular weight is 237 g/mol. The van der Waals surface area contributed by atoms with Gasteiger partial charge in [0.05, 0.1) is 13.2 Å². The summed E-state index contributed by atoms with van der Waals surface area (Å²) in [6.07, 6.45) is 1.84. The molecule has 0 spiro atoms. The largest absolute Gasteiger partial charge is 0.379 e. The van der Waals surface area contributed by atoms with Gasteiger partial charge in [-0.05, 0) is 43.5 Å². The summed E-state index contributed by atoms with van der Waals surface area (Å²) in [6.45, 7) is 6.70. The molecule has 1 saturated heterocycles. The maximum Gasteiger partial charge on any atom is 0.126 e. The summed E-state index contributed by atoms with van der Waals surface area (Å²) in [5.74, 6) is -0.0630. The highest BCUT2D eigenvalue weighted by molar-refractivity contribution is 5.27. The first-order chi connectivity index (χ1) is 8.27. The predicted octanol–water partition coefficient (Wildman–Crippen LogP) is 2.40. The maximum absolute atomic E-state index is 13.6. The molecule has 0 atom stereocenters. The van der Waals surface area contributed by atoms with Crippen molar-refractivity contribution in [3.05, 3.63) is 35.1 Å². The zero-order valence-corrected chi connectivity index (χ0v) is 10.4. The fraction of sp³-hybridized carbons (Fsp3) is 0.571. The molecule has 1 fully saturated rings. The fourth-order valence-corrected chi connectivity index (χ4v) is 2.29. The number of hydrogen-bond acceptors (Lipinski definition) is 2. The van der Waals surface area contributed by atoms with Gasteiger partial charge in [-0.1, -0.05) is 12.1 Å². The third-order valence-electron chi connectivity index (χ3n) is 3.36. The van der Waals surface area contributed by atoms with Crippen LogP contribution in [-0.4, -0.2) is 37.7 Å². The van der Waals surface area contributed by atoms with Gasteiger partial charge in [-0.15, -0.1) is 0 Å². The Morgan fingerprint density at radius 2 is 2.06 bits per heavy atom. The van der Waals surface area contributed by atoms with Crippen molar-refractivity contribution in [3.63, 3.8) is 0 Å². The van der Waals surface area contributed by atoms with E-state index in [9.17, 15) is 4.39 Å². The van der Waals surface area contributed by atoms with Crippen LogP contribution in [0, 0.1) is 12.7 Å². The lowest BCUT2D eigenvalue weighted by Crippen LogP contribution is -2.37. The molecule has 1 aliphatic rings. The molecule has 0 N–H and O–H groups in total. The third-order valence-corrected chi connectivity index (χ3v) is 3.36. The fourth-order valence-electron chi connectivity index (χ4n) is 2.29. The molecule has 1 aromatic rings. The van der Waals surface area contributed by atoms with Crippen molar-refractivity contribution in [2.75, 3.05) is 32.8 Å². The van der Waals surface area contributed by atoms with Gasteiger partial charge in [0.1, 0.15) is 5.82 Å². The van der Waals surface area contributed by atoms with Gasteiger partial charge in [0, 0.05) is 13.1 Å². The minimum Gasteiger partial charge on any atom is -0.379 e. The van der Waals surface area contributed by atoms with Crippen molar-refractivity contribution in [1.29, 1.82) is 0 Å². The third kappa shape index (κ3) is 3.51. The Hall–Kier alpha value is -0.930. The van der Waals surface area contributed by atoms with Crippen molar-refractivity contribution < 1.29 is 9.13 Å². The molecule has 0 unspecified atom stereocenters. The molecule has 0 aliphatic carbocycles. The van der Waals surface area contributed by atoms with Crippen LogP contribution in [0.2, 0.25) is 0 Å². The summed E-state index contributed by atoms with van der Waals surface area (Å²) in [4.78, 5) is 2.39. The predicted molar refractivity (Wildman–Crippen MR) is 66.7 cm³/mol. The molecule has 94 valence electrons. The van der Waals surface area contributed by atoms with E-state index in [4.69, 9.17) is 4.74 Å². The van der Waals surface area contributed by atoms with E-state index in [1.807, 2.05) is 13.0 Å². The van der Waals surface area contributed by atoms with Crippen molar-refractivity contribution >= 4 is 0 Å². The number of benzene rings is 1. The highest BCUT2D eigenvalue weighted by Crippen LogP contribution is 2.15. The number of ether oxygens (including phenoxy) is 1. The Morgan fingerprint density at radius 1 is 1.29 bits per heavy atom. The van der Waals surface area contributed by atoms with Gasteiger partial charge in [-0.3, -0.25) is 4.90 Å². The molecule has 0 amide bonds. The summed E-state index contributed by atoms with van der Waals surface area (Å²) < 4.78 is 18.9. The van der Waals surface area contributed by atoms with Gasteiger partial charge >= 0.3 is 0 Å². The molecule has 0 saturated carbocycles. The highest BCUT2D eigenvalue weighted by Gasteiger charge is 2.10. The van der Waals surface area contributed by atoms with Gasteiger partial charge in [0.25, 0.3) is 0 Å². The molecule has 0 radical (unpaired) electrons. The summed E-state index contributed by atoms with van der Waals surface area (Å²) in [7, 11) is 0. The number of nitrogens with zero attached hydrogens (tertiary/aromatic N) is 1. The Labute approximate surface area is 102 Å². The van der Waals surface area contributed by atoms with Crippen LogP contribution in [0.25, 0.3) is 0 Å². The molecule has 1 aromatic carbocycles. The monoisotopic (exact) mass is 237 g/mol. The normalized spacial score (nSPS) is 17.3. The molecule has 1 heterocycles. The van der Waals surface area contributed by atoms with E-state index >= 15 is 0 Å². The second kappa shape index (κ2) is 6.12. The summed E-state index contributed by atoms with van der Waals surface area (Å²) in [5.41, 5.74) is 1.94. The Balaban J connectivity index is 1.81. The van der Waals surface area contributed by atoms with Crippen molar-refractivity contribution in [2.24, 2.45) is 0 Å². The minimum absolute atomic E-state index is 0.0630. The molecule has 0 aromatic heterocycles.